The lowest BCUT2D eigenvalue weighted by atomic mass is 9.90. The number of ether oxygens (including phenoxy) is 1. The van der Waals surface area contributed by atoms with E-state index in [1.165, 1.54) is 0 Å². The lowest BCUT2D eigenvalue weighted by Crippen LogP contribution is -2.34. The van der Waals surface area contributed by atoms with Crippen molar-refractivity contribution in [2.45, 2.75) is 33.1 Å². The molecule has 1 aromatic carbocycles. The summed E-state index contributed by atoms with van der Waals surface area (Å²) in [5.74, 6) is -0.112. The molecule has 1 aromatic rings. The quantitative estimate of drug-likeness (QED) is 0.808. The molecule has 0 aromatic heterocycles. The Kier molecular flexibility index (Phi) is 5.52. The highest BCUT2D eigenvalue weighted by atomic mass is 35.5. The van der Waals surface area contributed by atoms with E-state index in [9.17, 15) is 14.7 Å². The number of likely N-dealkylation sites (tertiary alicyclic amines) is 1. The number of carboxylic acids is 1. The van der Waals surface area contributed by atoms with Crippen molar-refractivity contribution in [1.82, 2.24) is 4.90 Å². The number of halogens is 1. The van der Waals surface area contributed by atoms with Crippen LogP contribution in [0.1, 0.15) is 31.7 Å². The molecular weight excluding hydrogens is 318 g/mol. The molecule has 2 rings (SSSR count). The average molecular weight is 340 g/mol. The maximum absolute atomic E-state index is 12.1. The van der Waals surface area contributed by atoms with Gasteiger partial charge in [-0.1, -0.05) is 11.6 Å². The fraction of sp³-hybridized carbons (Fsp3) is 0.529. The maximum Gasteiger partial charge on any atom is 0.311 e. The van der Waals surface area contributed by atoms with E-state index < -0.39 is 11.4 Å². The molecule has 1 aliphatic heterocycles. The maximum atomic E-state index is 12.1. The van der Waals surface area contributed by atoms with Gasteiger partial charge >= 0.3 is 5.97 Å². The van der Waals surface area contributed by atoms with Crippen LogP contribution in [0.2, 0.25) is 5.02 Å². The van der Waals surface area contributed by atoms with E-state index in [-0.39, 0.29) is 5.91 Å². The Morgan fingerprint density at radius 1 is 1.43 bits per heavy atom. The summed E-state index contributed by atoms with van der Waals surface area (Å²) in [6.07, 6.45) is 1.47. The molecule has 0 radical (unpaired) electrons. The summed E-state index contributed by atoms with van der Waals surface area (Å²) >= 11 is 5.95. The highest BCUT2D eigenvalue weighted by molar-refractivity contribution is 6.31. The van der Waals surface area contributed by atoms with Gasteiger partial charge in [-0.05, 0) is 50.5 Å². The zero-order chi connectivity index (χ0) is 17.0. The zero-order valence-corrected chi connectivity index (χ0v) is 14.2. The van der Waals surface area contributed by atoms with Crippen LogP contribution in [0.4, 0.5) is 0 Å². The Hall–Kier alpha value is -1.75. The Morgan fingerprint density at radius 3 is 2.78 bits per heavy atom. The van der Waals surface area contributed by atoms with Crippen LogP contribution in [0.3, 0.4) is 0 Å². The first kappa shape index (κ1) is 17.6. The summed E-state index contributed by atoms with van der Waals surface area (Å²) in [6.45, 7) is 4.84. The third-order valence-electron chi connectivity index (χ3n) is 4.28. The van der Waals surface area contributed by atoms with Crippen molar-refractivity contribution < 1.29 is 19.4 Å². The number of rotatable bonds is 6. The fourth-order valence-corrected chi connectivity index (χ4v) is 2.74. The number of aryl methyl sites for hydroxylation is 1. The molecule has 0 bridgehead atoms. The Bertz CT molecular complexity index is 604. The molecule has 1 unspecified atom stereocenters. The number of carbonyl (C=O) groups is 2. The van der Waals surface area contributed by atoms with Gasteiger partial charge in [-0.25, -0.2) is 0 Å². The molecule has 1 amide bonds. The van der Waals surface area contributed by atoms with Gasteiger partial charge in [-0.15, -0.1) is 0 Å². The number of carbonyl (C=O) groups excluding carboxylic acids is 1. The standard InChI is InChI=1S/C17H22ClNO4/c1-12-10-13(5-6-14(12)18)23-9-3-4-15(20)19-8-7-17(2,11-19)16(21)22/h5-6,10H,3-4,7-9,11H2,1-2H3,(H,21,22). The summed E-state index contributed by atoms with van der Waals surface area (Å²) in [5.41, 5.74) is 0.137. The van der Waals surface area contributed by atoms with E-state index in [0.717, 1.165) is 11.3 Å². The Labute approximate surface area is 141 Å². The minimum absolute atomic E-state index is 0.00846. The van der Waals surface area contributed by atoms with Gasteiger partial charge in [0.25, 0.3) is 0 Å². The summed E-state index contributed by atoms with van der Waals surface area (Å²) < 4.78 is 5.61. The lowest BCUT2D eigenvalue weighted by molar-refractivity contribution is -0.147. The third-order valence-corrected chi connectivity index (χ3v) is 4.70. The topological polar surface area (TPSA) is 66.8 Å². The number of hydrogen-bond donors (Lipinski definition) is 1. The molecular formula is C17H22ClNO4. The zero-order valence-electron chi connectivity index (χ0n) is 13.5. The second-order valence-electron chi connectivity index (χ2n) is 6.29. The van der Waals surface area contributed by atoms with Crippen molar-refractivity contribution in [3.63, 3.8) is 0 Å². The molecule has 6 heteroatoms. The molecule has 1 N–H and O–H groups in total. The van der Waals surface area contributed by atoms with Gasteiger partial charge in [0.1, 0.15) is 5.75 Å². The van der Waals surface area contributed by atoms with E-state index >= 15 is 0 Å². The minimum atomic E-state index is -0.839. The summed E-state index contributed by atoms with van der Waals surface area (Å²) in [7, 11) is 0. The van der Waals surface area contributed by atoms with E-state index in [4.69, 9.17) is 16.3 Å². The molecule has 0 saturated carbocycles. The van der Waals surface area contributed by atoms with Crippen LogP contribution in [0.5, 0.6) is 5.75 Å². The number of aliphatic carboxylic acids is 1. The minimum Gasteiger partial charge on any atom is -0.494 e. The van der Waals surface area contributed by atoms with Crippen LogP contribution in [-0.4, -0.2) is 41.6 Å². The van der Waals surface area contributed by atoms with Gasteiger partial charge in [0.15, 0.2) is 0 Å². The number of hydrogen-bond acceptors (Lipinski definition) is 3. The van der Waals surface area contributed by atoms with Gasteiger partial charge in [-0.2, -0.15) is 0 Å². The predicted molar refractivity (Wildman–Crippen MR) is 87.9 cm³/mol. The summed E-state index contributed by atoms with van der Waals surface area (Å²) in [6, 6.07) is 5.45. The molecule has 126 valence electrons. The highest BCUT2D eigenvalue weighted by Crippen LogP contribution is 2.30. The van der Waals surface area contributed by atoms with E-state index in [1.807, 2.05) is 13.0 Å². The Balaban J connectivity index is 1.73. The lowest BCUT2D eigenvalue weighted by Gasteiger charge is -2.20. The molecule has 1 aliphatic rings. The van der Waals surface area contributed by atoms with E-state index in [0.29, 0.717) is 44.0 Å². The largest absolute Gasteiger partial charge is 0.494 e. The first-order valence-electron chi connectivity index (χ1n) is 7.72. The normalized spacial score (nSPS) is 20.6. The Morgan fingerprint density at radius 2 is 2.17 bits per heavy atom. The van der Waals surface area contributed by atoms with Gasteiger partial charge in [0.2, 0.25) is 5.91 Å². The van der Waals surface area contributed by atoms with Gasteiger partial charge in [0.05, 0.1) is 12.0 Å². The van der Waals surface area contributed by atoms with E-state index in [2.05, 4.69) is 0 Å². The summed E-state index contributed by atoms with van der Waals surface area (Å²) in [5, 5.41) is 9.88. The second kappa shape index (κ2) is 7.21. The average Bonchev–Trinajstić information content (AvgIpc) is 2.91. The molecule has 0 spiro atoms. The van der Waals surface area contributed by atoms with E-state index in [1.54, 1.807) is 24.0 Å². The smallest absolute Gasteiger partial charge is 0.311 e. The van der Waals surface area contributed by atoms with Crippen molar-refractivity contribution in [1.29, 1.82) is 0 Å². The number of benzene rings is 1. The monoisotopic (exact) mass is 339 g/mol. The fourth-order valence-electron chi connectivity index (χ4n) is 2.63. The van der Waals surface area contributed by atoms with Crippen molar-refractivity contribution in [3.05, 3.63) is 28.8 Å². The van der Waals surface area contributed by atoms with Gasteiger partial charge < -0.3 is 14.7 Å². The first-order valence-corrected chi connectivity index (χ1v) is 8.10. The SMILES string of the molecule is Cc1cc(OCCCC(=O)N2CCC(C)(C(=O)O)C2)ccc1Cl. The molecule has 1 saturated heterocycles. The van der Waals surface area contributed by atoms with Gasteiger partial charge in [-0.3, -0.25) is 9.59 Å². The first-order chi connectivity index (χ1) is 10.8. The number of carboxylic acid groups (broad SMARTS) is 1. The molecule has 5 nitrogen and oxygen atoms in total. The van der Waals surface area contributed by atoms with Gasteiger partial charge in [0, 0.05) is 24.5 Å². The van der Waals surface area contributed by atoms with Crippen molar-refractivity contribution in [2.75, 3.05) is 19.7 Å². The van der Waals surface area contributed by atoms with Crippen molar-refractivity contribution in [3.8, 4) is 5.75 Å². The third kappa shape index (κ3) is 4.38. The van der Waals surface area contributed by atoms with Crippen molar-refractivity contribution >= 4 is 23.5 Å². The summed E-state index contributed by atoms with van der Waals surface area (Å²) in [4.78, 5) is 25.0. The highest BCUT2D eigenvalue weighted by Gasteiger charge is 2.41. The number of amides is 1. The van der Waals surface area contributed by atoms with Crippen molar-refractivity contribution in [2.24, 2.45) is 5.41 Å². The molecule has 1 heterocycles. The second-order valence-corrected chi connectivity index (χ2v) is 6.70. The number of nitrogens with zero attached hydrogens (tertiary/aromatic N) is 1. The van der Waals surface area contributed by atoms with Crippen LogP contribution in [0.25, 0.3) is 0 Å². The van der Waals surface area contributed by atoms with Crippen LogP contribution in [0.15, 0.2) is 18.2 Å². The van der Waals surface area contributed by atoms with Crippen LogP contribution >= 0.6 is 11.6 Å². The van der Waals surface area contributed by atoms with Crippen LogP contribution in [-0.2, 0) is 9.59 Å². The predicted octanol–water partition coefficient (Wildman–Crippen LogP) is 3.13. The van der Waals surface area contributed by atoms with Crippen LogP contribution in [0, 0.1) is 12.3 Å². The molecule has 0 aliphatic carbocycles. The van der Waals surface area contributed by atoms with Crippen LogP contribution < -0.4 is 4.74 Å². The molecule has 23 heavy (non-hydrogen) atoms. The molecule has 1 atom stereocenters. The molecule has 1 fully saturated rings.